The maximum Gasteiger partial charge on any atom is 0.124 e. The molecule has 0 aliphatic carbocycles. The van der Waals surface area contributed by atoms with Crippen LogP contribution in [0.15, 0.2) is 42.7 Å². The highest BCUT2D eigenvalue weighted by Gasteiger charge is 2.02. The van der Waals surface area contributed by atoms with E-state index in [2.05, 4.69) is 11.2 Å². The molecule has 1 heterocycles. The van der Waals surface area contributed by atoms with E-state index in [1.54, 1.807) is 6.20 Å². The number of rotatable bonds is 4. The molecule has 78 valence electrons. The van der Waals surface area contributed by atoms with E-state index in [4.69, 9.17) is 4.74 Å². The van der Waals surface area contributed by atoms with Crippen molar-refractivity contribution in [2.24, 2.45) is 0 Å². The summed E-state index contributed by atoms with van der Waals surface area (Å²) in [5, 5.41) is 4.17. The molecule has 0 spiro atoms. The minimum atomic E-state index is 0.691. The molecule has 1 aromatic heterocycles. The normalized spacial score (nSPS) is 10.2. The molecule has 3 nitrogen and oxygen atoms in total. The molecule has 3 heteroatoms. The second kappa shape index (κ2) is 4.64. The largest absolute Gasteiger partial charge is 0.494 e. The van der Waals surface area contributed by atoms with Crippen LogP contribution in [-0.4, -0.2) is 16.4 Å². The molecule has 0 atom stereocenters. The second-order valence-corrected chi connectivity index (χ2v) is 3.24. The fourth-order valence-corrected chi connectivity index (χ4v) is 1.50. The van der Waals surface area contributed by atoms with E-state index in [1.165, 1.54) is 0 Å². The van der Waals surface area contributed by atoms with Crippen molar-refractivity contribution in [3.63, 3.8) is 0 Å². The van der Waals surface area contributed by atoms with Crippen molar-refractivity contribution in [3.8, 4) is 5.75 Å². The summed E-state index contributed by atoms with van der Waals surface area (Å²) in [6, 6.07) is 9.97. The number of hydrogen-bond acceptors (Lipinski definition) is 2. The fraction of sp³-hybridized carbons (Fsp3) is 0.250. The zero-order valence-corrected chi connectivity index (χ0v) is 8.76. The molecule has 0 fully saturated rings. The molecule has 0 N–H and O–H groups in total. The van der Waals surface area contributed by atoms with E-state index < -0.39 is 0 Å². The molecule has 0 aliphatic heterocycles. The van der Waals surface area contributed by atoms with Gasteiger partial charge in [0.25, 0.3) is 0 Å². The van der Waals surface area contributed by atoms with Crippen molar-refractivity contribution in [1.29, 1.82) is 0 Å². The highest BCUT2D eigenvalue weighted by atomic mass is 16.5. The van der Waals surface area contributed by atoms with Crippen molar-refractivity contribution in [1.82, 2.24) is 9.78 Å². The minimum absolute atomic E-state index is 0.691. The number of hydrogen-bond donors (Lipinski definition) is 0. The topological polar surface area (TPSA) is 27.1 Å². The number of ether oxygens (including phenoxy) is 1. The van der Waals surface area contributed by atoms with E-state index in [0.29, 0.717) is 6.61 Å². The van der Waals surface area contributed by atoms with Gasteiger partial charge in [0.15, 0.2) is 0 Å². The molecule has 2 rings (SSSR count). The van der Waals surface area contributed by atoms with Crippen LogP contribution in [0, 0.1) is 0 Å². The summed E-state index contributed by atoms with van der Waals surface area (Å²) >= 11 is 0. The van der Waals surface area contributed by atoms with Crippen LogP contribution in [0.3, 0.4) is 0 Å². The van der Waals surface area contributed by atoms with E-state index in [1.807, 2.05) is 42.1 Å². The Labute approximate surface area is 89.3 Å². The summed E-state index contributed by atoms with van der Waals surface area (Å²) in [5.41, 5.74) is 1.16. The Hall–Kier alpha value is -1.77. The number of benzene rings is 1. The fourth-order valence-electron chi connectivity index (χ4n) is 1.50. The number of aromatic nitrogens is 2. The van der Waals surface area contributed by atoms with Crippen molar-refractivity contribution in [2.45, 2.75) is 13.5 Å². The Morgan fingerprint density at radius 3 is 2.87 bits per heavy atom. The van der Waals surface area contributed by atoms with Gasteiger partial charge in [-0.2, -0.15) is 5.10 Å². The number of nitrogens with zero attached hydrogens (tertiary/aromatic N) is 2. The third-order valence-corrected chi connectivity index (χ3v) is 2.16. The standard InChI is InChI=1S/C12H14N2O/c1-2-15-12-7-4-3-6-11(12)10-14-9-5-8-13-14/h3-9H,2,10H2,1H3. The summed E-state index contributed by atoms with van der Waals surface area (Å²) in [4.78, 5) is 0. The van der Waals surface area contributed by atoms with Crippen LogP contribution in [-0.2, 0) is 6.54 Å². The first-order valence-electron chi connectivity index (χ1n) is 5.08. The molecule has 0 saturated heterocycles. The summed E-state index contributed by atoms with van der Waals surface area (Å²) in [6.07, 6.45) is 3.73. The lowest BCUT2D eigenvalue weighted by Crippen LogP contribution is -2.03. The van der Waals surface area contributed by atoms with Crippen LogP contribution in [0.4, 0.5) is 0 Å². The molecule has 0 radical (unpaired) electrons. The molecule has 0 unspecified atom stereocenters. The van der Waals surface area contributed by atoms with Gasteiger partial charge in [0.1, 0.15) is 5.75 Å². The Morgan fingerprint density at radius 1 is 1.27 bits per heavy atom. The molecular weight excluding hydrogens is 188 g/mol. The van der Waals surface area contributed by atoms with E-state index in [-0.39, 0.29) is 0 Å². The van der Waals surface area contributed by atoms with Crippen molar-refractivity contribution in [3.05, 3.63) is 48.3 Å². The average Bonchev–Trinajstić information content (AvgIpc) is 2.74. The minimum Gasteiger partial charge on any atom is -0.494 e. The highest BCUT2D eigenvalue weighted by Crippen LogP contribution is 2.18. The van der Waals surface area contributed by atoms with Gasteiger partial charge in [-0.15, -0.1) is 0 Å². The first kappa shape index (κ1) is 9.77. The lowest BCUT2D eigenvalue weighted by Gasteiger charge is -2.09. The molecule has 15 heavy (non-hydrogen) atoms. The van der Waals surface area contributed by atoms with Crippen LogP contribution in [0.2, 0.25) is 0 Å². The summed E-state index contributed by atoms with van der Waals surface area (Å²) in [7, 11) is 0. The first-order valence-corrected chi connectivity index (χ1v) is 5.08. The van der Waals surface area contributed by atoms with Gasteiger partial charge < -0.3 is 4.74 Å². The van der Waals surface area contributed by atoms with Gasteiger partial charge in [0, 0.05) is 18.0 Å². The monoisotopic (exact) mass is 202 g/mol. The predicted octanol–water partition coefficient (Wildman–Crippen LogP) is 2.33. The van der Waals surface area contributed by atoms with Gasteiger partial charge in [-0.3, -0.25) is 4.68 Å². The summed E-state index contributed by atoms with van der Waals surface area (Å²) < 4.78 is 7.43. The van der Waals surface area contributed by atoms with Crippen LogP contribution < -0.4 is 4.74 Å². The second-order valence-electron chi connectivity index (χ2n) is 3.24. The van der Waals surface area contributed by atoms with E-state index in [0.717, 1.165) is 17.9 Å². The van der Waals surface area contributed by atoms with Gasteiger partial charge >= 0.3 is 0 Å². The smallest absolute Gasteiger partial charge is 0.124 e. The van der Waals surface area contributed by atoms with Crippen molar-refractivity contribution < 1.29 is 4.74 Å². The summed E-state index contributed by atoms with van der Waals surface area (Å²) in [5.74, 6) is 0.940. The maximum atomic E-state index is 5.54. The Morgan fingerprint density at radius 2 is 2.13 bits per heavy atom. The van der Waals surface area contributed by atoms with E-state index >= 15 is 0 Å². The van der Waals surface area contributed by atoms with Crippen LogP contribution >= 0.6 is 0 Å². The molecular formula is C12H14N2O. The molecule has 2 aromatic rings. The quantitative estimate of drug-likeness (QED) is 0.760. The lowest BCUT2D eigenvalue weighted by atomic mass is 10.2. The number of para-hydroxylation sites is 1. The molecule has 0 amide bonds. The zero-order valence-electron chi connectivity index (χ0n) is 8.76. The molecule has 0 aliphatic rings. The van der Waals surface area contributed by atoms with E-state index in [9.17, 15) is 0 Å². The third-order valence-electron chi connectivity index (χ3n) is 2.16. The average molecular weight is 202 g/mol. The van der Waals surface area contributed by atoms with Crippen LogP contribution in [0.5, 0.6) is 5.75 Å². The predicted molar refractivity (Wildman–Crippen MR) is 58.9 cm³/mol. The van der Waals surface area contributed by atoms with Crippen LogP contribution in [0.1, 0.15) is 12.5 Å². The van der Waals surface area contributed by atoms with Gasteiger partial charge in [0.2, 0.25) is 0 Å². The highest BCUT2D eigenvalue weighted by molar-refractivity contribution is 5.33. The Bertz CT molecular complexity index is 409. The first-order chi connectivity index (χ1) is 7.40. The van der Waals surface area contributed by atoms with Gasteiger partial charge in [0.05, 0.1) is 13.2 Å². The SMILES string of the molecule is CCOc1ccccc1Cn1cccn1. The lowest BCUT2D eigenvalue weighted by molar-refractivity contribution is 0.335. The van der Waals surface area contributed by atoms with Crippen LogP contribution in [0.25, 0.3) is 0 Å². The van der Waals surface area contributed by atoms with Gasteiger partial charge in [-0.1, -0.05) is 18.2 Å². The molecule has 0 bridgehead atoms. The van der Waals surface area contributed by atoms with Gasteiger partial charge in [-0.25, -0.2) is 0 Å². The Kier molecular flexibility index (Phi) is 3.02. The maximum absolute atomic E-state index is 5.54. The summed E-state index contributed by atoms with van der Waals surface area (Å²) in [6.45, 7) is 3.43. The zero-order chi connectivity index (χ0) is 10.5. The van der Waals surface area contributed by atoms with Crippen molar-refractivity contribution >= 4 is 0 Å². The van der Waals surface area contributed by atoms with Crippen molar-refractivity contribution in [2.75, 3.05) is 6.61 Å². The third kappa shape index (κ3) is 2.37. The molecule has 0 saturated carbocycles. The van der Waals surface area contributed by atoms with Gasteiger partial charge in [-0.05, 0) is 19.1 Å². The molecule has 1 aromatic carbocycles. The Balaban J connectivity index is 2.20.